The lowest BCUT2D eigenvalue weighted by Crippen LogP contribution is -2.38. The highest BCUT2D eigenvalue weighted by Gasteiger charge is 2.39. The van der Waals surface area contributed by atoms with Crippen LogP contribution in [0.15, 0.2) is 24.5 Å². The Labute approximate surface area is 223 Å². The Morgan fingerprint density at radius 3 is 2.74 bits per heavy atom. The molecule has 3 aromatic rings. The van der Waals surface area contributed by atoms with Crippen molar-refractivity contribution in [3.63, 3.8) is 0 Å². The number of carboxylic acid groups (broad SMARTS) is 1. The molecule has 1 aliphatic carbocycles. The second kappa shape index (κ2) is 10.7. The lowest BCUT2D eigenvalue weighted by atomic mass is 9.81. The van der Waals surface area contributed by atoms with Crippen molar-refractivity contribution in [1.82, 2.24) is 35.0 Å². The number of carbonyl (C=O) groups excluding carboxylic acids is 2. The van der Waals surface area contributed by atoms with Gasteiger partial charge in [-0.15, -0.1) is 0 Å². The molecule has 0 spiro atoms. The zero-order valence-corrected chi connectivity index (χ0v) is 21.6. The number of alkyl halides is 2. The number of hydrogen-bond acceptors (Lipinski definition) is 6. The van der Waals surface area contributed by atoms with Crippen molar-refractivity contribution in [2.45, 2.75) is 70.4 Å². The van der Waals surface area contributed by atoms with Gasteiger partial charge in [-0.25, -0.2) is 23.1 Å². The number of halogens is 2. The molecule has 39 heavy (non-hydrogen) atoms. The van der Waals surface area contributed by atoms with E-state index < -0.39 is 23.8 Å². The van der Waals surface area contributed by atoms with Gasteiger partial charge in [0.05, 0.1) is 29.2 Å². The Morgan fingerprint density at radius 1 is 1.28 bits per heavy atom. The van der Waals surface area contributed by atoms with Crippen LogP contribution < -0.4 is 10.6 Å². The summed E-state index contributed by atoms with van der Waals surface area (Å²) >= 11 is 0. The minimum Gasteiger partial charge on any atom is -0.478 e. The van der Waals surface area contributed by atoms with Gasteiger partial charge in [0.1, 0.15) is 5.69 Å². The van der Waals surface area contributed by atoms with E-state index in [1.54, 1.807) is 16.9 Å². The molecule has 208 valence electrons. The highest BCUT2D eigenvalue weighted by atomic mass is 19.3. The van der Waals surface area contributed by atoms with Gasteiger partial charge in [0.25, 0.3) is 5.91 Å². The third kappa shape index (κ3) is 5.62. The summed E-state index contributed by atoms with van der Waals surface area (Å²) in [5, 5.41) is 24.3. The van der Waals surface area contributed by atoms with Crippen LogP contribution in [0.4, 0.5) is 8.78 Å². The van der Waals surface area contributed by atoms with Crippen molar-refractivity contribution >= 4 is 23.4 Å². The maximum absolute atomic E-state index is 14.0. The topological polar surface area (TPSA) is 144 Å². The average molecular weight is 544 g/mol. The molecular weight excluding hydrogens is 512 g/mol. The van der Waals surface area contributed by atoms with Gasteiger partial charge in [0.15, 0.2) is 5.65 Å². The lowest BCUT2D eigenvalue weighted by Gasteiger charge is -2.33. The fourth-order valence-electron chi connectivity index (χ4n) is 5.55. The smallest absolute Gasteiger partial charge is 0.337 e. The first kappa shape index (κ1) is 26.7. The molecule has 5 rings (SSSR count). The third-order valence-corrected chi connectivity index (χ3v) is 7.70. The van der Waals surface area contributed by atoms with Gasteiger partial charge in [0, 0.05) is 44.5 Å². The summed E-state index contributed by atoms with van der Waals surface area (Å²) in [5.74, 6) is -5.16. The predicted octanol–water partition coefficient (Wildman–Crippen LogP) is 3.01. The van der Waals surface area contributed by atoms with Gasteiger partial charge in [0.2, 0.25) is 11.8 Å². The van der Waals surface area contributed by atoms with Crippen LogP contribution in [0.2, 0.25) is 0 Å². The van der Waals surface area contributed by atoms with Crippen molar-refractivity contribution in [2.24, 2.45) is 11.8 Å². The van der Waals surface area contributed by atoms with Crippen LogP contribution in [0.5, 0.6) is 0 Å². The van der Waals surface area contributed by atoms with Gasteiger partial charge in [-0.05, 0) is 50.7 Å². The summed E-state index contributed by atoms with van der Waals surface area (Å²) in [6, 6.07) is 2.29. The van der Waals surface area contributed by atoms with E-state index in [0.717, 1.165) is 6.42 Å². The molecule has 2 atom stereocenters. The lowest BCUT2D eigenvalue weighted by molar-refractivity contribution is -0.126. The van der Waals surface area contributed by atoms with E-state index in [0.29, 0.717) is 30.9 Å². The highest BCUT2D eigenvalue weighted by Crippen LogP contribution is 2.41. The monoisotopic (exact) mass is 543 g/mol. The van der Waals surface area contributed by atoms with Crippen molar-refractivity contribution in [3.8, 4) is 0 Å². The van der Waals surface area contributed by atoms with E-state index in [2.05, 4.69) is 25.8 Å². The number of rotatable bonds is 8. The highest BCUT2D eigenvalue weighted by molar-refractivity contribution is 5.93. The van der Waals surface area contributed by atoms with E-state index in [1.807, 2.05) is 6.92 Å². The summed E-state index contributed by atoms with van der Waals surface area (Å²) in [4.78, 5) is 42.2. The molecule has 2 unspecified atom stereocenters. The zero-order valence-electron chi connectivity index (χ0n) is 21.6. The number of fused-ring (bicyclic) bond motifs is 1. The molecule has 13 heteroatoms. The summed E-state index contributed by atoms with van der Waals surface area (Å²) < 4.78 is 30.9. The molecule has 4 heterocycles. The molecule has 2 amide bonds. The number of piperidine rings is 1. The molecule has 2 aliphatic rings. The summed E-state index contributed by atoms with van der Waals surface area (Å²) in [5.41, 5.74) is 1.19. The minimum atomic E-state index is -2.75. The maximum Gasteiger partial charge on any atom is 0.337 e. The molecule has 2 fully saturated rings. The Morgan fingerprint density at radius 2 is 2.05 bits per heavy atom. The van der Waals surface area contributed by atoms with E-state index in [-0.39, 0.29) is 66.8 Å². The SMILES string of the molecule is CCn1nccc1C(=O)NC(c1cn2nc(CC3CCCNC3=O)c(C(=O)O)cc2n1)C1CCC(F)(F)CC1. The number of amides is 2. The number of aromatic nitrogens is 5. The predicted molar refractivity (Wildman–Crippen MR) is 134 cm³/mol. The van der Waals surface area contributed by atoms with Crippen molar-refractivity contribution < 1.29 is 28.3 Å². The standard InChI is InChI=1S/C26H31F2N7O4/c1-2-34-20(7-11-30-34)24(37)32-22(15-5-8-26(27,28)9-6-15)19-14-35-21(31-19)13-17(25(38)39)18(33-35)12-16-4-3-10-29-23(16)36/h7,11,13-16,22H,2-6,8-10,12H2,1H3,(H,29,36)(H,32,37)(H,38,39). The number of imidazole rings is 1. The minimum absolute atomic E-state index is 0.0530. The molecular formula is C26H31F2N7O4. The molecule has 1 saturated carbocycles. The third-order valence-electron chi connectivity index (χ3n) is 7.70. The largest absolute Gasteiger partial charge is 0.478 e. The molecule has 3 N–H and O–H groups in total. The molecule has 3 aromatic heterocycles. The van der Waals surface area contributed by atoms with Gasteiger partial charge < -0.3 is 15.7 Å². The van der Waals surface area contributed by atoms with Crippen molar-refractivity contribution in [1.29, 1.82) is 0 Å². The Hall–Kier alpha value is -3.90. The number of aryl methyl sites for hydroxylation is 1. The van der Waals surface area contributed by atoms with Crippen LogP contribution in [-0.2, 0) is 17.8 Å². The Bertz CT molecular complexity index is 1390. The quantitative estimate of drug-likeness (QED) is 0.396. The summed E-state index contributed by atoms with van der Waals surface area (Å²) in [6.45, 7) is 2.93. The fraction of sp³-hybridized carbons (Fsp3) is 0.538. The van der Waals surface area contributed by atoms with E-state index in [9.17, 15) is 28.3 Å². The molecule has 1 aliphatic heterocycles. The first-order valence-electron chi connectivity index (χ1n) is 13.3. The summed E-state index contributed by atoms with van der Waals surface area (Å²) in [6.07, 6.45) is 4.51. The molecule has 11 nitrogen and oxygen atoms in total. The van der Waals surface area contributed by atoms with Crippen LogP contribution in [0.1, 0.15) is 83.7 Å². The maximum atomic E-state index is 14.0. The Kier molecular flexibility index (Phi) is 7.32. The Balaban J connectivity index is 1.49. The number of hydrogen-bond donors (Lipinski definition) is 3. The number of aromatic carboxylic acids is 1. The van der Waals surface area contributed by atoms with Crippen molar-refractivity contribution in [3.05, 3.63) is 47.2 Å². The molecule has 0 bridgehead atoms. The number of nitrogens with one attached hydrogen (secondary N) is 2. The van der Waals surface area contributed by atoms with Crippen LogP contribution >= 0.6 is 0 Å². The second-order valence-electron chi connectivity index (χ2n) is 10.3. The van der Waals surface area contributed by atoms with Crippen LogP contribution in [0.25, 0.3) is 5.65 Å². The number of nitrogens with zero attached hydrogens (tertiary/aromatic N) is 5. The van der Waals surface area contributed by atoms with E-state index in [4.69, 9.17) is 0 Å². The van der Waals surface area contributed by atoms with Crippen LogP contribution in [0.3, 0.4) is 0 Å². The van der Waals surface area contributed by atoms with Gasteiger partial charge >= 0.3 is 5.97 Å². The van der Waals surface area contributed by atoms with Crippen LogP contribution in [-0.4, -0.2) is 59.7 Å². The molecule has 0 radical (unpaired) electrons. The zero-order chi connectivity index (χ0) is 27.7. The molecule has 0 aromatic carbocycles. The first-order chi connectivity index (χ1) is 18.6. The van der Waals surface area contributed by atoms with Gasteiger partial charge in [-0.3, -0.25) is 14.3 Å². The van der Waals surface area contributed by atoms with E-state index >= 15 is 0 Å². The molecule has 1 saturated heterocycles. The van der Waals surface area contributed by atoms with Gasteiger partial charge in [-0.2, -0.15) is 10.2 Å². The summed E-state index contributed by atoms with van der Waals surface area (Å²) in [7, 11) is 0. The second-order valence-corrected chi connectivity index (χ2v) is 10.3. The van der Waals surface area contributed by atoms with E-state index in [1.165, 1.54) is 16.8 Å². The fourth-order valence-corrected chi connectivity index (χ4v) is 5.55. The number of carbonyl (C=O) groups is 3. The number of carboxylic acids is 1. The first-order valence-corrected chi connectivity index (χ1v) is 13.3. The van der Waals surface area contributed by atoms with Crippen molar-refractivity contribution in [2.75, 3.05) is 6.54 Å². The van der Waals surface area contributed by atoms with Crippen LogP contribution in [0, 0.1) is 11.8 Å². The van der Waals surface area contributed by atoms with Gasteiger partial charge in [-0.1, -0.05) is 0 Å². The average Bonchev–Trinajstić information content (AvgIpc) is 3.55. The normalized spacial score (nSPS) is 20.5.